The number of ether oxygens (including phenoxy) is 2. The summed E-state index contributed by atoms with van der Waals surface area (Å²) in [6.45, 7) is 3.51. The maximum Gasteiger partial charge on any atom is 0.228 e. The zero-order valence-electron chi connectivity index (χ0n) is 12.7. The second-order valence-electron chi connectivity index (χ2n) is 5.57. The van der Waals surface area contributed by atoms with Crippen molar-refractivity contribution in [3.63, 3.8) is 0 Å². The van der Waals surface area contributed by atoms with E-state index in [1.54, 1.807) is 7.11 Å². The standard InChI is InChI=1S/C16H24N2O3/c1-12(13-4-3-5-14(10-13)20-2)18-15(19)16(11-17)6-8-21-9-7-16/h3-5,10,12H,6-9,11,17H2,1-2H3,(H,18,19)/t12-/m1/s1. The van der Waals surface area contributed by atoms with Crippen molar-refractivity contribution in [2.45, 2.75) is 25.8 Å². The average molecular weight is 292 g/mol. The van der Waals surface area contributed by atoms with Gasteiger partial charge in [0.05, 0.1) is 18.6 Å². The van der Waals surface area contributed by atoms with Crippen LogP contribution in [0, 0.1) is 5.41 Å². The Morgan fingerprint density at radius 3 is 2.81 bits per heavy atom. The molecule has 2 rings (SSSR count). The lowest BCUT2D eigenvalue weighted by atomic mass is 9.79. The van der Waals surface area contributed by atoms with Crippen LogP contribution in [0.25, 0.3) is 0 Å². The molecule has 1 aliphatic heterocycles. The lowest BCUT2D eigenvalue weighted by molar-refractivity contribution is -0.136. The first kappa shape index (κ1) is 15.8. The minimum atomic E-state index is -0.495. The van der Waals surface area contributed by atoms with Crippen molar-refractivity contribution in [2.75, 3.05) is 26.9 Å². The van der Waals surface area contributed by atoms with E-state index in [4.69, 9.17) is 15.2 Å². The van der Waals surface area contributed by atoms with Crippen molar-refractivity contribution in [1.29, 1.82) is 0 Å². The van der Waals surface area contributed by atoms with E-state index < -0.39 is 5.41 Å². The molecule has 1 amide bonds. The maximum absolute atomic E-state index is 12.6. The van der Waals surface area contributed by atoms with E-state index in [-0.39, 0.29) is 11.9 Å². The van der Waals surface area contributed by atoms with Crippen LogP contribution in [0.5, 0.6) is 5.75 Å². The van der Waals surface area contributed by atoms with Crippen LogP contribution in [0.1, 0.15) is 31.4 Å². The molecule has 0 aromatic heterocycles. The highest BCUT2D eigenvalue weighted by molar-refractivity contribution is 5.83. The SMILES string of the molecule is COc1cccc([C@@H](C)NC(=O)C2(CN)CCOCC2)c1. The highest BCUT2D eigenvalue weighted by atomic mass is 16.5. The monoisotopic (exact) mass is 292 g/mol. The second-order valence-corrected chi connectivity index (χ2v) is 5.57. The van der Waals surface area contributed by atoms with E-state index in [1.807, 2.05) is 31.2 Å². The lowest BCUT2D eigenvalue weighted by Gasteiger charge is -2.35. The molecular weight excluding hydrogens is 268 g/mol. The van der Waals surface area contributed by atoms with Crippen LogP contribution in [0.3, 0.4) is 0 Å². The highest BCUT2D eigenvalue weighted by Gasteiger charge is 2.39. The van der Waals surface area contributed by atoms with E-state index in [0.29, 0.717) is 32.6 Å². The van der Waals surface area contributed by atoms with E-state index in [1.165, 1.54) is 0 Å². The summed E-state index contributed by atoms with van der Waals surface area (Å²) >= 11 is 0. The quantitative estimate of drug-likeness (QED) is 0.865. The maximum atomic E-state index is 12.6. The zero-order chi connectivity index (χ0) is 15.3. The Labute approximate surface area is 125 Å². The third-order valence-corrected chi connectivity index (χ3v) is 4.26. The number of carbonyl (C=O) groups is 1. The Morgan fingerprint density at radius 2 is 2.19 bits per heavy atom. The fourth-order valence-electron chi connectivity index (χ4n) is 2.63. The van der Waals surface area contributed by atoms with E-state index in [9.17, 15) is 4.79 Å². The number of nitrogens with two attached hydrogens (primary N) is 1. The number of hydrogen-bond donors (Lipinski definition) is 2. The Kier molecular flexibility index (Phi) is 5.20. The molecule has 1 atom stereocenters. The largest absolute Gasteiger partial charge is 0.497 e. The van der Waals surface area contributed by atoms with Crippen molar-refractivity contribution >= 4 is 5.91 Å². The molecule has 3 N–H and O–H groups in total. The summed E-state index contributed by atoms with van der Waals surface area (Å²) in [5.74, 6) is 0.803. The molecule has 1 saturated heterocycles. The van der Waals surface area contributed by atoms with Crippen LogP contribution < -0.4 is 15.8 Å². The molecule has 0 aliphatic carbocycles. The van der Waals surface area contributed by atoms with Gasteiger partial charge in [0, 0.05) is 19.8 Å². The molecule has 1 aromatic carbocycles. The molecule has 1 aliphatic rings. The minimum Gasteiger partial charge on any atom is -0.497 e. The molecule has 0 saturated carbocycles. The van der Waals surface area contributed by atoms with E-state index in [2.05, 4.69) is 5.32 Å². The van der Waals surface area contributed by atoms with Gasteiger partial charge in [0.25, 0.3) is 0 Å². The van der Waals surface area contributed by atoms with Gasteiger partial charge in [0.2, 0.25) is 5.91 Å². The van der Waals surface area contributed by atoms with Gasteiger partial charge in [-0.2, -0.15) is 0 Å². The molecule has 1 fully saturated rings. The Hall–Kier alpha value is -1.59. The van der Waals surface area contributed by atoms with Crippen LogP contribution >= 0.6 is 0 Å². The molecular formula is C16H24N2O3. The first-order valence-corrected chi connectivity index (χ1v) is 7.34. The molecule has 1 aromatic rings. The van der Waals surface area contributed by atoms with Crippen molar-refractivity contribution in [1.82, 2.24) is 5.32 Å². The van der Waals surface area contributed by atoms with Gasteiger partial charge in [-0.1, -0.05) is 12.1 Å². The summed E-state index contributed by atoms with van der Waals surface area (Å²) in [6, 6.07) is 7.64. The smallest absolute Gasteiger partial charge is 0.228 e. The number of nitrogens with one attached hydrogen (secondary N) is 1. The molecule has 5 nitrogen and oxygen atoms in total. The fraction of sp³-hybridized carbons (Fsp3) is 0.562. The number of hydrogen-bond acceptors (Lipinski definition) is 4. The minimum absolute atomic E-state index is 0.0172. The van der Waals surface area contributed by atoms with Crippen LogP contribution in [0.4, 0.5) is 0 Å². The zero-order valence-corrected chi connectivity index (χ0v) is 12.7. The number of benzene rings is 1. The lowest BCUT2D eigenvalue weighted by Crippen LogP contribution is -2.49. The van der Waals surface area contributed by atoms with Gasteiger partial charge < -0.3 is 20.5 Å². The van der Waals surface area contributed by atoms with E-state index >= 15 is 0 Å². The Balaban J connectivity index is 2.06. The molecule has 116 valence electrons. The second kappa shape index (κ2) is 6.91. The predicted octanol–water partition coefficient (Wildman–Crippen LogP) is 1.63. The van der Waals surface area contributed by atoms with Crippen LogP contribution in [0.15, 0.2) is 24.3 Å². The first-order valence-electron chi connectivity index (χ1n) is 7.34. The summed E-state index contributed by atoms with van der Waals surface area (Å²) in [5.41, 5.74) is 6.38. The third kappa shape index (κ3) is 3.54. The van der Waals surface area contributed by atoms with Gasteiger partial charge in [-0.3, -0.25) is 4.79 Å². The summed E-state index contributed by atoms with van der Waals surface area (Å²) < 4.78 is 10.6. The van der Waals surface area contributed by atoms with E-state index in [0.717, 1.165) is 11.3 Å². The van der Waals surface area contributed by atoms with Gasteiger partial charge in [-0.15, -0.1) is 0 Å². The average Bonchev–Trinajstić information content (AvgIpc) is 2.55. The van der Waals surface area contributed by atoms with Gasteiger partial charge in [-0.25, -0.2) is 0 Å². The molecule has 5 heteroatoms. The highest BCUT2D eigenvalue weighted by Crippen LogP contribution is 2.30. The van der Waals surface area contributed by atoms with Gasteiger partial charge in [0.15, 0.2) is 0 Å². The summed E-state index contributed by atoms with van der Waals surface area (Å²) in [5, 5.41) is 3.08. The molecule has 1 heterocycles. The normalized spacial score (nSPS) is 18.8. The third-order valence-electron chi connectivity index (χ3n) is 4.26. The number of methoxy groups -OCH3 is 1. The van der Waals surface area contributed by atoms with Gasteiger partial charge >= 0.3 is 0 Å². The fourth-order valence-corrected chi connectivity index (χ4v) is 2.63. The van der Waals surface area contributed by atoms with Crippen molar-refractivity contribution < 1.29 is 14.3 Å². The van der Waals surface area contributed by atoms with Crippen LogP contribution in [-0.2, 0) is 9.53 Å². The molecule has 0 spiro atoms. The molecule has 0 bridgehead atoms. The van der Waals surface area contributed by atoms with Gasteiger partial charge in [-0.05, 0) is 37.5 Å². The number of rotatable bonds is 5. The molecule has 0 radical (unpaired) electrons. The Morgan fingerprint density at radius 1 is 1.48 bits per heavy atom. The van der Waals surface area contributed by atoms with Crippen LogP contribution in [-0.4, -0.2) is 32.8 Å². The summed E-state index contributed by atoms with van der Waals surface area (Å²) in [6.07, 6.45) is 1.36. The van der Waals surface area contributed by atoms with Crippen molar-refractivity contribution in [3.05, 3.63) is 29.8 Å². The van der Waals surface area contributed by atoms with Gasteiger partial charge in [0.1, 0.15) is 5.75 Å². The number of amides is 1. The predicted molar refractivity (Wildman–Crippen MR) is 81.1 cm³/mol. The topological polar surface area (TPSA) is 73.6 Å². The molecule has 0 unspecified atom stereocenters. The van der Waals surface area contributed by atoms with Crippen LogP contribution in [0.2, 0.25) is 0 Å². The summed E-state index contributed by atoms with van der Waals surface area (Å²) in [7, 11) is 1.63. The number of carbonyl (C=O) groups excluding carboxylic acids is 1. The van der Waals surface area contributed by atoms with Crippen molar-refractivity contribution in [2.24, 2.45) is 11.1 Å². The molecule has 21 heavy (non-hydrogen) atoms. The summed E-state index contributed by atoms with van der Waals surface area (Å²) in [4.78, 5) is 12.6. The van der Waals surface area contributed by atoms with Crippen molar-refractivity contribution in [3.8, 4) is 5.75 Å². The Bertz CT molecular complexity index is 484. The first-order chi connectivity index (χ1) is 10.1.